The van der Waals surface area contributed by atoms with E-state index in [2.05, 4.69) is 10.3 Å². The summed E-state index contributed by atoms with van der Waals surface area (Å²) >= 11 is 0. The number of unbranched alkanes of at least 4 members (excludes halogenated alkanes) is 1. The number of aromatic nitrogens is 1. The lowest BCUT2D eigenvalue weighted by Crippen LogP contribution is -2.40. The van der Waals surface area contributed by atoms with E-state index in [1.165, 1.54) is 0 Å². The van der Waals surface area contributed by atoms with Crippen LogP contribution in [-0.2, 0) is 16.0 Å². The molecule has 4 N–H and O–H groups in total. The van der Waals surface area contributed by atoms with Crippen LogP contribution in [0, 0.1) is 0 Å². The quantitative estimate of drug-likeness (QED) is 0.577. The van der Waals surface area contributed by atoms with Crippen molar-refractivity contribution in [3.63, 3.8) is 0 Å². The standard InChI is InChI=1S/C14H21N3O3/c15-8-2-1-5-12(14(19)20)17-13(18)7-6-11-4-3-9-16-10-11/h3-4,9-10,12H,1-2,5-8,15H2,(H,17,18)(H,19,20)/t12-/m0/s1. The molecule has 1 rings (SSSR count). The molecule has 6 heteroatoms. The molecule has 0 unspecified atom stereocenters. The first kappa shape index (κ1) is 16.1. The minimum atomic E-state index is -1.00. The molecule has 1 aromatic heterocycles. The van der Waals surface area contributed by atoms with Gasteiger partial charge in [-0.2, -0.15) is 0 Å². The Morgan fingerprint density at radius 2 is 2.20 bits per heavy atom. The van der Waals surface area contributed by atoms with E-state index in [4.69, 9.17) is 10.8 Å². The molecule has 1 atom stereocenters. The molecule has 0 saturated carbocycles. The van der Waals surface area contributed by atoms with Crippen molar-refractivity contribution < 1.29 is 14.7 Å². The van der Waals surface area contributed by atoms with Crippen LogP contribution in [0.4, 0.5) is 0 Å². The summed E-state index contributed by atoms with van der Waals surface area (Å²) in [6, 6.07) is 2.86. The minimum Gasteiger partial charge on any atom is -0.480 e. The number of hydrogen-bond acceptors (Lipinski definition) is 4. The Bertz CT molecular complexity index is 423. The molecule has 0 bridgehead atoms. The number of hydrogen-bond donors (Lipinski definition) is 3. The second-order valence-corrected chi connectivity index (χ2v) is 4.60. The Balaban J connectivity index is 2.36. The molecule has 0 saturated heterocycles. The van der Waals surface area contributed by atoms with Crippen molar-refractivity contribution in [1.82, 2.24) is 10.3 Å². The summed E-state index contributed by atoms with van der Waals surface area (Å²) in [5.74, 6) is -1.26. The van der Waals surface area contributed by atoms with Gasteiger partial charge in [0, 0.05) is 18.8 Å². The number of carbonyl (C=O) groups is 2. The highest BCUT2D eigenvalue weighted by molar-refractivity contribution is 5.83. The van der Waals surface area contributed by atoms with Gasteiger partial charge in [0.2, 0.25) is 5.91 Å². The molecule has 1 heterocycles. The second kappa shape index (κ2) is 9.03. The van der Waals surface area contributed by atoms with Gasteiger partial charge in [0.25, 0.3) is 0 Å². The zero-order valence-electron chi connectivity index (χ0n) is 11.4. The average molecular weight is 279 g/mol. The Hall–Kier alpha value is -1.95. The lowest BCUT2D eigenvalue weighted by atomic mass is 10.1. The molecular formula is C14H21N3O3. The fraction of sp³-hybridized carbons (Fsp3) is 0.500. The number of carbonyl (C=O) groups excluding carboxylic acids is 1. The smallest absolute Gasteiger partial charge is 0.326 e. The van der Waals surface area contributed by atoms with E-state index < -0.39 is 12.0 Å². The second-order valence-electron chi connectivity index (χ2n) is 4.60. The number of nitrogens with one attached hydrogen (secondary N) is 1. The molecular weight excluding hydrogens is 258 g/mol. The molecule has 6 nitrogen and oxygen atoms in total. The number of aliphatic carboxylic acids is 1. The predicted molar refractivity (Wildman–Crippen MR) is 75.0 cm³/mol. The molecule has 0 spiro atoms. The first-order valence-corrected chi connectivity index (χ1v) is 6.74. The largest absolute Gasteiger partial charge is 0.480 e. The highest BCUT2D eigenvalue weighted by Crippen LogP contribution is 2.03. The van der Waals surface area contributed by atoms with Gasteiger partial charge in [0.05, 0.1) is 0 Å². The fourth-order valence-corrected chi connectivity index (χ4v) is 1.82. The topological polar surface area (TPSA) is 105 Å². The van der Waals surface area contributed by atoms with Gasteiger partial charge in [-0.25, -0.2) is 4.79 Å². The molecule has 0 aliphatic rings. The van der Waals surface area contributed by atoms with Gasteiger partial charge < -0.3 is 16.2 Å². The van der Waals surface area contributed by atoms with E-state index >= 15 is 0 Å². The van der Waals surface area contributed by atoms with Crippen LogP contribution in [0.15, 0.2) is 24.5 Å². The van der Waals surface area contributed by atoms with Crippen molar-refractivity contribution in [3.8, 4) is 0 Å². The van der Waals surface area contributed by atoms with E-state index in [9.17, 15) is 9.59 Å². The van der Waals surface area contributed by atoms with E-state index in [0.717, 1.165) is 12.0 Å². The van der Waals surface area contributed by atoms with Crippen molar-refractivity contribution >= 4 is 11.9 Å². The van der Waals surface area contributed by atoms with Crippen molar-refractivity contribution in [2.24, 2.45) is 5.73 Å². The van der Waals surface area contributed by atoms with Crippen LogP contribution in [0.25, 0.3) is 0 Å². The number of carboxylic acids is 1. The SMILES string of the molecule is NCCCC[C@H](NC(=O)CCc1cccnc1)C(=O)O. The van der Waals surface area contributed by atoms with Gasteiger partial charge in [-0.1, -0.05) is 6.07 Å². The Morgan fingerprint density at radius 3 is 2.80 bits per heavy atom. The predicted octanol–water partition coefficient (Wildman–Crippen LogP) is 0.713. The van der Waals surface area contributed by atoms with Crippen LogP contribution < -0.4 is 11.1 Å². The first-order chi connectivity index (χ1) is 9.63. The van der Waals surface area contributed by atoms with E-state index in [1.54, 1.807) is 18.5 Å². The summed E-state index contributed by atoms with van der Waals surface area (Å²) in [6.07, 6.45) is 6.03. The van der Waals surface area contributed by atoms with Gasteiger partial charge >= 0.3 is 5.97 Å². The molecule has 0 radical (unpaired) electrons. The van der Waals surface area contributed by atoms with Crippen molar-refractivity contribution in [3.05, 3.63) is 30.1 Å². The maximum absolute atomic E-state index is 11.7. The zero-order valence-corrected chi connectivity index (χ0v) is 11.4. The van der Waals surface area contributed by atoms with Crippen LogP contribution in [0.2, 0.25) is 0 Å². The van der Waals surface area contributed by atoms with Crippen LogP contribution in [0.1, 0.15) is 31.2 Å². The maximum atomic E-state index is 11.7. The number of pyridine rings is 1. The summed E-state index contributed by atoms with van der Waals surface area (Å²) in [7, 11) is 0. The molecule has 0 aliphatic carbocycles. The summed E-state index contributed by atoms with van der Waals surface area (Å²) in [6.45, 7) is 0.529. The molecule has 1 amide bonds. The third kappa shape index (κ3) is 6.29. The molecule has 1 aromatic rings. The first-order valence-electron chi connectivity index (χ1n) is 6.74. The molecule has 110 valence electrons. The lowest BCUT2D eigenvalue weighted by Gasteiger charge is -2.14. The Kier molecular flexibility index (Phi) is 7.27. The summed E-state index contributed by atoms with van der Waals surface area (Å²) < 4.78 is 0. The van der Waals surface area contributed by atoms with E-state index in [0.29, 0.717) is 25.8 Å². The molecule has 20 heavy (non-hydrogen) atoms. The van der Waals surface area contributed by atoms with Crippen molar-refractivity contribution in [2.75, 3.05) is 6.54 Å². The number of nitrogens with two attached hydrogens (primary N) is 1. The Labute approximate surface area is 118 Å². The van der Waals surface area contributed by atoms with Gasteiger partial charge in [-0.05, 0) is 43.9 Å². The highest BCUT2D eigenvalue weighted by atomic mass is 16.4. The van der Waals surface area contributed by atoms with Crippen LogP contribution in [-0.4, -0.2) is 34.6 Å². The number of rotatable bonds is 9. The lowest BCUT2D eigenvalue weighted by molar-refractivity contribution is -0.142. The van der Waals surface area contributed by atoms with Gasteiger partial charge in [0.1, 0.15) is 6.04 Å². The average Bonchev–Trinajstić information content (AvgIpc) is 2.45. The van der Waals surface area contributed by atoms with Crippen LogP contribution >= 0.6 is 0 Å². The maximum Gasteiger partial charge on any atom is 0.326 e. The minimum absolute atomic E-state index is 0.256. The third-order valence-corrected chi connectivity index (χ3v) is 2.94. The van der Waals surface area contributed by atoms with Gasteiger partial charge in [-0.3, -0.25) is 9.78 Å². The highest BCUT2D eigenvalue weighted by Gasteiger charge is 2.18. The zero-order chi connectivity index (χ0) is 14.8. The molecule has 0 fully saturated rings. The number of amides is 1. The van der Waals surface area contributed by atoms with Gasteiger partial charge in [0.15, 0.2) is 0 Å². The number of carboxylic acid groups (broad SMARTS) is 1. The molecule has 0 aromatic carbocycles. The van der Waals surface area contributed by atoms with Crippen LogP contribution in [0.3, 0.4) is 0 Å². The summed E-state index contributed by atoms with van der Waals surface area (Å²) in [5.41, 5.74) is 6.32. The van der Waals surface area contributed by atoms with E-state index in [-0.39, 0.29) is 12.3 Å². The van der Waals surface area contributed by atoms with Crippen molar-refractivity contribution in [2.45, 2.75) is 38.1 Å². The fourth-order valence-electron chi connectivity index (χ4n) is 1.82. The monoisotopic (exact) mass is 279 g/mol. The number of nitrogens with zero attached hydrogens (tertiary/aromatic N) is 1. The third-order valence-electron chi connectivity index (χ3n) is 2.94. The number of aryl methyl sites for hydroxylation is 1. The summed E-state index contributed by atoms with van der Waals surface area (Å²) in [5, 5.41) is 11.6. The Morgan fingerprint density at radius 1 is 1.40 bits per heavy atom. The summed E-state index contributed by atoms with van der Waals surface area (Å²) in [4.78, 5) is 26.8. The van der Waals surface area contributed by atoms with Gasteiger partial charge in [-0.15, -0.1) is 0 Å². The van der Waals surface area contributed by atoms with E-state index in [1.807, 2.05) is 6.07 Å². The van der Waals surface area contributed by atoms with Crippen molar-refractivity contribution in [1.29, 1.82) is 0 Å². The van der Waals surface area contributed by atoms with Crippen LogP contribution in [0.5, 0.6) is 0 Å². The normalized spacial score (nSPS) is 11.8. The molecule has 0 aliphatic heterocycles.